The van der Waals surface area contributed by atoms with Crippen molar-refractivity contribution in [2.45, 2.75) is 13.1 Å². The average molecular weight is 451 g/mol. The smallest absolute Gasteiger partial charge is 0.418 e. The Hall–Kier alpha value is -3.58. The molecule has 2 N–H and O–H groups in total. The molecule has 3 aromatic carbocycles. The number of halogens is 3. The number of aryl methyl sites for hydroxylation is 1. The lowest BCUT2D eigenvalue weighted by Crippen LogP contribution is -2.07. The van der Waals surface area contributed by atoms with E-state index in [1.165, 1.54) is 12.3 Å². The van der Waals surface area contributed by atoms with Crippen LogP contribution in [0.2, 0.25) is 0 Å². The van der Waals surface area contributed by atoms with E-state index in [0.717, 1.165) is 27.7 Å². The molecule has 7 heteroatoms. The molecule has 2 aromatic heterocycles. The van der Waals surface area contributed by atoms with Crippen LogP contribution in [0.1, 0.15) is 11.1 Å². The van der Waals surface area contributed by atoms with E-state index in [9.17, 15) is 23.4 Å². The fraction of sp³-hybridized carbons (Fsp3) is 0.0800. The van der Waals surface area contributed by atoms with E-state index >= 15 is 0 Å². The Balaban J connectivity index is 1.77. The van der Waals surface area contributed by atoms with Gasteiger partial charge in [-0.1, -0.05) is 47.7 Å². The number of hydrogen-bond acceptors (Lipinski definition) is 4. The van der Waals surface area contributed by atoms with Gasteiger partial charge in [0.1, 0.15) is 5.75 Å². The molecule has 0 bridgehead atoms. The number of pyridine rings is 1. The number of aromatic hydroxyl groups is 2. The number of phenols is 1. The van der Waals surface area contributed by atoms with Crippen molar-refractivity contribution in [3.63, 3.8) is 0 Å². The van der Waals surface area contributed by atoms with Crippen molar-refractivity contribution in [1.82, 2.24) is 4.98 Å². The molecule has 2 heterocycles. The molecule has 0 radical (unpaired) electrons. The number of hydrogen-bond donors (Lipinski definition) is 2. The maximum Gasteiger partial charge on any atom is 0.418 e. The van der Waals surface area contributed by atoms with Gasteiger partial charge in [-0.2, -0.15) is 13.2 Å². The van der Waals surface area contributed by atoms with Crippen molar-refractivity contribution in [2.24, 2.45) is 0 Å². The second kappa shape index (κ2) is 7.24. The summed E-state index contributed by atoms with van der Waals surface area (Å²) < 4.78 is 41.4. The molecule has 0 fully saturated rings. The molecule has 0 aliphatic carbocycles. The molecule has 0 amide bonds. The Kier molecular flexibility index (Phi) is 4.60. The first-order valence-corrected chi connectivity index (χ1v) is 10.6. The molecular weight excluding hydrogens is 435 g/mol. The van der Waals surface area contributed by atoms with Crippen LogP contribution in [0, 0.1) is 6.92 Å². The van der Waals surface area contributed by atoms with Crippen molar-refractivity contribution in [3.8, 4) is 33.1 Å². The van der Waals surface area contributed by atoms with Gasteiger partial charge in [-0.15, -0.1) is 0 Å². The molecule has 0 saturated heterocycles. The van der Waals surface area contributed by atoms with Crippen LogP contribution in [0.25, 0.3) is 43.2 Å². The van der Waals surface area contributed by atoms with Gasteiger partial charge < -0.3 is 10.2 Å². The van der Waals surface area contributed by atoms with Gasteiger partial charge in [0, 0.05) is 27.2 Å². The minimum atomic E-state index is -4.51. The topological polar surface area (TPSA) is 53.4 Å². The predicted octanol–water partition coefficient (Wildman–Crippen LogP) is 7.52. The SMILES string of the molecule is Cc1cnc2c(C(F)(F)F)cccc2c1-c1cccc(-c2c(O)sc3cccc(O)c23)c1. The zero-order valence-corrected chi connectivity index (χ0v) is 17.6. The van der Waals surface area contributed by atoms with Crippen molar-refractivity contribution in [2.75, 3.05) is 0 Å². The van der Waals surface area contributed by atoms with E-state index in [-0.39, 0.29) is 16.3 Å². The molecule has 0 saturated carbocycles. The summed E-state index contributed by atoms with van der Waals surface area (Å²) in [5, 5.41) is 22.0. The van der Waals surface area contributed by atoms with E-state index < -0.39 is 11.7 Å². The lowest BCUT2D eigenvalue weighted by molar-refractivity contribution is -0.136. The molecule has 5 aromatic rings. The minimum absolute atomic E-state index is 0.0554. The van der Waals surface area contributed by atoms with E-state index in [2.05, 4.69) is 4.98 Å². The predicted molar refractivity (Wildman–Crippen MR) is 121 cm³/mol. The first-order valence-electron chi connectivity index (χ1n) is 9.75. The molecule has 32 heavy (non-hydrogen) atoms. The van der Waals surface area contributed by atoms with Crippen LogP contribution in [0.5, 0.6) is 10.8 Å². The Bertz CT molecular complexity index is 1510. The third-order valence-corrected chi connectivity index (χ3v) is 6.46. The number of fused-ring (bicyclic) bond motifs is 2. The molecule has 0 aliphatic rings. The third kappa shape index (κ3) is 3.17. The van der Waals surface area contributed by atoms with Crippen LogP contribution in [0.4, 0.5) is 13.2 Å². The van der Waals surface area contributed by atoms with Gasteiger partial charge in [-0.25, -0.2) is 0 Å². The van der Waals surface area contributed by atoms with Crippen molar-refractivity contribution >= 4 is 32.3 Å². The molecule has 5 rings (SSSR count). The monoisotopic (exact) mass is 451 g/mol. The highest BCUT2D eigenvalue weighted by Gasteiger charge is 2.33. The van der Waals surface area contributed by atoms with Crippen LogP contribution in [0.3, 0.4) is 0 Å². The van der Waals surface area contributed by atoms with Gasteiger partial charge in [-0.05, 0) is 53.4 Å². The summed E-state index contributed by atoms with van der Waals surface area (Å²) in [5.74, 6) is 0.0554. The number of phenolic OH excluding ortho intramolecular Hbond substituents is 1. The fourth-order valence-electron chi connectivity index (χ4n) is 4.15. The molecule has 160 valence electrons. The van der Waals surface area contributed by atoms with Crippen LogP contribution < -0.4 is 0 Å². The second-order valence-electron chi connectivity index (χ2n) is 7.53. The van der Waals surface area contributed by atoms with Gasteiger partial charge in [0.2, 0.25) is 0 Å². The first-order chi connectivity index (χ1) is 15.3. The van der Waals surface area contributed by atoms with Crippen molar-refractivity contribution < 1.29 is 23.4 Å². The zero-order valence-electron chi connectivity index (χ0n) is 16.7. The maximum atomic E-state index is 13.5. The second-order valence-corrected chi connectivity index (χ2v) is 8.56. The average Bonchev–Trinajstić information content (AvgIpc) is 3.09. The van der Waals surface area contributed by atoms with Crippen LogP contribution in [-0.2, 0) is 6.18 Å². The Labute approximate surface area is 185 Å². The summed E-state index contributed by atoms with van der Waals surface area (Å²) >= 11 is 1.16. The summed E-state index contributed by atoms with van der Waals surface area (Å²) in [5.41, 5.74) is 2.34. The molecular formula is C25H16F3NO2S. The summed E-state index contributed by atoms with van der Waals surface area (Å²) in [6, 6.07) is 16.3. The van der Waals surface area contributed by atoms with Crippen LogP contribution in [-0.4, -0.2) is 15.2 Å². The minimum Gasteiger partial charge on any atom is -0.507 e. The first kappa shape index (κ1) is 20.3. The summed E-state index contributed by atoms with van der Waals surface area (Å²) in [4.78, 5) is 4.08. The molecule has 0 unspecified atom stereocenters. The molecule has 3 nitrogen and oxygen atoms in total. The number of benzene rings is 3. The summed E-state index contributed by atoms with van der Waals surface area (Å²) in [7, 11) is 0. The number of aromatic nitrogens is 1. The van der Waals surface area contributed by atoms with Crippen molar-refractivity contribution in [1.29, 1.82) is 0 Å². The normalized spacial score (nSPS) is 12.0. The molecule has 0 spiro atoms. The number of nitrogens with zero attached hydrogens (tertiary/aromatic N) is 1. The number of para-hydroxylation sites is 1. The Morgan fingerprint density at radius 2 is 1.56 bits per heavy atom. The van der Waals surface area contributed by atoms with E-state index in [1.807, 2.05) is 18.2 Å². The maximum absolute atomic E-state index is 13.5. The number of rotatable bonds is 2. The summed E-state index contributed by atoms with van der Waals surface area (Å²) in [6.07, 6.45) is -3.07. The van der Waals surface area contributed by atoms with Gasteiger partial charge in [0.25, 0.3) is 0 Å². The number of alkyl halides is 3. The molecule has 0 atom stereocenters. The Morgan fingerprint density at radius 3 is 2.31 bits per heavy atom. The lowest BCUT2D eigenvalue weighted by atomic mass is 9.93. The van der Waals surface area contributed by atoms with Gasteiger partial charge >= 0.3 is 6.18 Å². The van der Waals surface area contributed by atoms with E-state index in [0.29, 0.717) is 33.0 Å². The van der Waals surface area contributed by atoms with Gasteiger partial charge in [-0.3, -0.25) is 4.98 Å². The third-order valence-electron chi connectivity index (χ3n) is 5.51. The van der Waals surface area contributed by atoms with E-state index in [1.54, 1.807) is 37.3 Å². The summed E-state index contributed by atoms with van der Waals surface area (Å²) in [6.45, 7) is 1.80. The number of thiophene rings is 1. The van der Waals surface area contributed by atoms with Crippen LogP contribution in [0.15, 0.2) is 66.9 Å². The Morgan fingerprint density at radius 1 is 0.875 bits per heavy atom. The fourth-order valence-corrected chi connectivity index (χ4v) is 5.14. The highest BCUT2D eigenvalue weighted by Crippen LogP contribution is 2.48. The largest absolute Gasteiger partial charge is 0.507 e. The van der Waals surface area contributed by atoms with Gasteiger partial charge in [0.05, 0.1) is 11.1 Å². The van der Waals surface area contributed by atoms with Crippen molar-refractivity contribution in [3.05, 3.63) is 78.0 Å². The highest BCUT2D eigenvalue weighted by atomic mass is 32.1. The quantitative estimate of drug-likeness (QED) is 0.292. The highest BCUT2D eigenvalue weighted by molar-refractivity contribution is 7.21. The zero-order chi connectivity index (χ0) is 22.6. The van der Waals surface area contributed by atoms with Crippen LogP contribution >= 0.6 is 11.3 Å². The standard InChI is InChI=1S/C25H16F3NO2S/c1-13-12-29-23-16(7-3-8-17(23)25(26,27)28)20(13)14-5-2-6-15(11-14)21-22-18(30)9-4-10-19(22)32-24(21)31/h2-12,30-31H,1H3. The molecule has 0 aliphatic heterocycles. The lowest BCUT2D eigenvalue weighted by Gasteiger charge is -2.15. The van der Waals surface area contributed by atoms with E-state index in [4.69, 9.17) is 0 Å². The van der Waals surface area contributed by atoms with Gasteiger partial charge in [0.15, 0.2) is 5.06 Å².